The minimum absolute atomic E-state index is 0.290. The Balaban J connectivity index is 2.03. The fourth-order valence-corrected chi connectivity index (χ4v) is 2.32. The summed E-state index contributed by atoms with van der Waals surface area (Å²) in [6, 6.07) is 11.0. The highest BCUT2D eigenvalue weighted by atomic mass is 32.1. The number of nitrogens with one attached hydrogen (secondary N) is 1. The molecule has 1 heterocycles. The molecule has 0 fully saturated rings. The van der Waals surface area contributed by atoms with Crippen molar-refractivity contribution in [3.8, 4) is 5.75 Å². The average Bonchev–Trinajstić information content (AvgIpc) is 2.84. The molecule has 19 heavy (non-hydrogen) atoms. The van der Waals surface area contributed by atoms with Gasteiger partial charge in [0.15, 0.2) is 0 Å². The van der Waals surface area contributed by atoms with Gasteiger partial charge in [0.25, 0.3) is 5.91 Å². The van der Waals surface area contributed by atoms with E-state index in [0.29, 0.717) is 11.3 Å². The molecule has 0 aliphatic heterocycles. The normalized spacial score (nSPS) is 10.6. The zero-order valence-corrected chi connectivity index (χ0v) is 11.5. The number of hydrogen-bond acceptors (Lipinski definition) is 4. The van der Waals surface area contributed by atoms with E-state index in [1.807, 2.05) is 25.1 Å². The Labute approximate surface area is 115 Å². The lowest BCUT2D eigenvalue weighted by Crippen LogP contribution is -2.18. The van der Waals surface area contributed by atoms with Crippen molar-refractivity contribution in [1.29, 1.82) is 0 Å². The van der Waals surface area contributed by atoms with Gasteiger partial charge >= 0.3 is 0 Å². The molecular formula is C14H14N2O2S. The molecule has 0 saturated heterocycles. The predicted octanol–water partition coefficient (Wildman–Crippen LogP) is 2.83. The van der Waals surface area contributed by atoms with Crippen LogP contribution in [0.2, 0.25) is 0 Å². The van der Waals surface area contributed by atoms with Gasteiger partial charge in [-0.15, -0.1) is 11.3 Å². The zero-order chi connectivity index (χ0) is 13.7. The van der Waals surface area contributed by atoms with Crippen LogP contribution >= 0.6 is 11.3 Å². The highest BCUT2D eigenvalue weighted by Gasteiger charge is 2.09. The van der Waals surface area contributed by atoms with E-state index in [-0.39, 0.29) is 5.91 Å². The molecule has 0 atom stereocenters. The van der Waals surface area contributed by atoms with E-state index in [1.165, 1.54) is 12.0 Å². The van der Waals surface area contributed by atoms with E-state index < -0.39 is 0 Å². The van der Waals surface area contributed by atoms with Gasteiger partial charge in [0, 0.05) is 9.75 Å². The van der Waals surface area contributed by atoms with Crippen molar-refractivity contribution in [1.82, 2.24) is 5.43 Å². The SMILES string of the molecule is COc1ccccc1C(=O)N/N=C/c1ccc(C)s1. The molecule has 0 radical (unpaired) electrons. The van der Waals surface area contributed by atoms with Gasteiger partial charge < -0.3 is 4.74 Å². The van der Waals surface area contributed by atoms with Gasteiger partial charge in [-0.2, -0.15) is 5.10 Å². The molecule has 98 valence electrons. The summed E-state index contributed by atoms with van der Waals surface area (Å²) in [5.74, 6) is 0.240. The number of benzene rings is 1. The van der Waals surface area contributed by atoms with Crippen LogP contribution < -0.4 is 10.2 Å². The van der Waals surface area contributed by atoms with Crippen LogP contribution in [0, 0.1) is 6.92 Å². The Hall–Kier alpha value is -2.14. The van der Waals surface area contributed by atoms with Crippen LogP contribution in [0.25, 0.3) is 0 Å². The number of rotatable bonds is 4. The highest BCUT2D eigenvalue weighted by Crippen LogP contribution is 2.17. The molecule has 4 nitrogen and oxygen atoms in total. The number of carbonyl (C=O) groups is 1. The minimum Gasteiger partial charge on any atom is -0.496 e. The molecular weight excluding hydrogens is 260 g/mol. The fourth-order valence-electron chi connectivity index (χ4n) is 1.57. The Morgan fingerprint density at radius 3 is 2.79 bits per heavy atom. The summed E-state index contributed by atoms with van der Waals surface area (Å²) in [5, 5.41) is 3.94. The van der Waals surface area contributed by atoms with Crippen LogP contribution in [-0.4, -0.2) is 19.2 Å². The Bertz CT molecular complexity index is 605. The van der Waals surface area contributed by atoms with Crippen molar-refractivity contribution in [2.75, 3.05) is 7.11 Å². The molecule has 0 unspecified atom stereocenters. The first-order chi connectivity index (χ1) is 9.20. The molecule has 1 amide bonds. The lowest BCUT2D eigenvalue weighted by Gasteiger charge is -2.05. The lowest BCUT2D eigenvalue weighted by molar-refractivity contribution is 0.0952. The monoisotopic (exact) mass is 274 g/mol. The number of thiophene rings is 1. The minimum atomic E-state index is -0.290. The maximum atomic E-state index is 11.9. The van der Waals surface area contributed by atoms with Gasteiger partial charge in [-0.05, 0) is 31.2 Å². The van der Waals surface area contributed by atoms with Crippen LogP contribution in [-0.2, 0) is 0 Å². The fraction of sp³-hybridized carbons (Fsp3) is 0.143. The number of methoxy groups -OCH3 is 1. The van der Waals surface area contributed by atoms with Crippen LogP contribution in [0.15, 0.2) is 41.5 Å². The molecule has 0 aliphatic carbocycles. The topological polar surface area (TPSA) is 50.7 Å². The van der Waals surface area contributed by atoms with Gasteiger partial charge in [0.2, 0.25) is 0 Å². The van der Waals surface area contributed by atoms with Gasteiger partial charge in [0.1, 0.15) is 5.75 Å². The van der Waals surface area contributed by atoms with Gasteiger partial charge in [-0.3, -0.25) is 4.79 Å². The molecule has 2 rings (SSSR count). The number of amides is 1. The third kappa shape index (κ3) is 3.42. The largest absolute Gasteiger partial charge is 0.496 e. The summed E-state index contributed by atoms with van der Waals surface area (Å²) in [6.07, 6.45) is 1.63. The van der Waals surface area contributed by atoms with E-state index >= 15 is 0 Å². The second-order valence-corrected chi connectivity index (χ2v) is 5.17. The van der Waals surface area contributed by atoms with E-state index in [0.717, 1.165) is 4.88 Å². The first kappa shape index (κ1) is 13.3. The van der Waals surface area contributed by atoms with Gasteiger partial charge in [-0.1, -0.05) is 12.1 Å². The summed E-state index contributed by atoms with van der Waals surface area (Å²) < 4.78 is 5.12. The van der Waals surface area contributed by atoms with E-state index in [1.54, 1.807) is 35.8 Å². The smallest absolute Gasteiger partial charge is 0.275 e. The molecule has 0 spiro atoms. The van der Waals surface area contributed by atoms with E-state index in [4.69, 9.17) is 4.74 Å². The van der Waals surface area contributed by atoms with E-state index in [9.17, 15) is 4.79 Å². The number of carbonyl (C=O) groups excluding carboxylic acids is 1. The Morgan fingerprint density at radius 1 is 1.32 bits per heavy atom. The number of aryl methyl sites for hydroxylation is 1. The van der Waals surface area contributed by atoms with Crippen LogP contribution in [0.4, 0.5) is 0 Å². The third-order valence-corrected chi connectivity index (χ3v) is 3.41. The van der Waals surface area contributed by atoms with Crippen molar-refractivity contribution in [3.05, 3.63) is 51.7 Å². The molecule has 5 heteroatoms. The number of para-hydroxylation sites is 1. The van der Waals surface area contributed by atoms with Crippen molar-refractivity contribution in [2.45, 2.75) is 6.92 Å². The van der Waals surface area contributed by atoms with E-state index in [2.05, 4.69) is 10.5 Å². The average molecular weight is 274 g/mol. The highest BCUT2D eigenvalue weighted by molar-refractivity contribution is 7.13. The first-order valence-electron chi connectivity index (χ1n) is 5.73. The molecule has 0 aliphatic rings. The maximum Gasteiger partial charge on any atom is 0.275 e. The summed E-state index contributed by atoms with van der Waals surface area (Å²) in [6.45, 7) is 2.02. The first-order valence-corrected chi connectivity index (χ1v) is 6.55. The Morgan fingerprint density at radius 2 is 2.11 bits per heavy atom. The maximum absolute atomic E-state index is 11.9. The number of ether oxygens (including phenoxy) is 1. The second kappa shape index (κ2) is 6.15. The van der Waals surface area contributed by atoms with Crippen LogP contribution in [0.5, 0.6) is 5.75 Å². The van der Waals surface area contributed by atoms with Crippen molar-refractivity contribution >= 4 is 23.5 Å². The van der Waals surface area contributed by atoms with Crippen LogP contribution in [0.3, 0.4) is 0 Å². The quantitative estimate of drug-likeness (QED) is 0.688. The van der Waals surface area contributed by atoms with Gasteiger partial charge in [-0.25, -0.2) is 5.43 Å². The summed E-state index contributed by atoms with van der Waals surface area (Å²) in [5.41, 5.74) is 2.95. The Kier molecular flexibility index (Phi) is 4.30. The van der Waals surface area contributed by atoms with Crippen molar-refractivity contribution in [3.63, 3.8) is 0 Å². The zero-order valence-electron chi connectivity index (χ0n) is 10.7. The third-order valence-electron chi connectivity index (χ3n) is 2.47. The number of nitrogens with zero attached hydrogens (tertiary/aromatic N) is 1. The summed E-state index contributed by atoms with van der Waals surface area (Å²) >= 11 is 1.62. The van der Waals surface area contributed by atoms with Gasteiger partial charge in [0.05, 0.1) is 18.9 Å². The molecule has 0 saturated carbocycles. The van der Waals surface area contributed by atoms with Crippen molar-refractivity contribution < 1.29 is 9.53 Å². The second-order valence-electron chi connectivity index (χ2n) is 3.85. The molecule has 1 N–H and O–H groups in total. The predicted molar refractivity (Wildman–Crippen MR) is 77.1 cm³/mol. The lowest BCUT2D eigenvalue weighted by atomic mass is 10.2. The standard InChI is InChI=1S/C14H14N2O2S/c1-10-7-8-11(19-10)9-15-16-14(17)12-5-3-4-6-13(12)18-2/h3-9H,1-2H3,(H,16,17)/b15-9+. The molecule has 0 bridgehead atoms. The number of hydrogen-bond donors (Lipinski definition) is 1. The van der Waals surface area contributed by atoms with Crippen LogP contribution in [0.1, 0.15) is 20.1 Å². The molecule has 2 aromatic rings. The number of hydrazone groups is 1. The summed E-state index contributed by atoms with van der Waals surface area (Å²) in [7, 11) is 1.53. The summed E-state index contributed by atoms with van der Waals surface area (Å²) in [4.78, 5) is 14.1. The molecule has 1 aromatic heterocycles. The molecule has 1 aromatic carbocycles. The van der Waals surface area contributed by atoms with Crippen molar-refractivity contribution in [2.24, 2.45) is 5.10 Å².